The molecule has 132 valence electrons. The summed E-state index contributed by atoms with van der Waals surface area (Å²) in [6.07, 6.45) is 0. The smallest absolute Gasteiger partial charge is 0.319 e. The molecule has 8 heteroatoms. The molecule has 1 aromatic heterocycles. The highest BCUT2D eigenvalue weighted by atomic mass is 32.1. The molecule has 2 N–H and O–H groups in total. The van der Waals surface area contributed by atoms with Crippen LogP contribution in [0.15, 0.2) is 35.7 Å². The molecule has 1 aliphatic rings. The first-order valence-electron chi connectivity index (χ1n) is 7.84. The van der Waals surface area contributed by atoms with Gasteiger partial charge in [-0.15, -0.1) is 11.3 Å². The van der Waals surface area contributed by atoms with E-state index in [4.69, 9.17) is 5.26 Å². The standard InChI is InChI=1S/C18H16N4O3S/c1-11-3-5-13(6-4-11)18(2)16(24)22(17(25)21-18)10-14(23)20-15-12(9-19)7-8-26-15/h3-8H,10H2,1-2H3,(H,20,23)(H,21,25)/t18-/m1/s1. The average molecular weight is 368 g/mol. The maximum absolute atomic E-state index is 12.8. The summed E-state index contributed by atoms with van der Waals surface area (Å²) >= 11 is 1.20. The third-order valence-electron chi connectivity index (χ3n) is 4.24. The van der Waals surface area contributed by atoms with Gasteiger partial charge in [-0.1, -0.05) is 29.8 Å². The molecule has 7 nitrogen and oxygen atoms in total. The number of hydrogen-bond donors (Lipinski definition) is 2. The van der Waals surface area contributed by atoms with Crippen molar-refractivity contribution < 1.29 is 14.4 Å². The number of imide groups is 1. The molecule has 1 aliphatic heterocycles. The fraction of sp³-hybridized carbons (Fsp3) is 0.222. The molecule has 0 bridgehead atoms. The Balaban J connectivity index is 1.76. The molecule has 26 heavy (non-hydrogen) atoms. The van der Waals surface area contributed by atoms with Crippen molar-refractivity contribution in [3.05, 3.63) is 52.4 Å². The molecule has 0 spiro atoms. The number of hydrogen-bond acceptors (Lipinski definition) is 5. The number of rotatable bonds is 4. The lowest BCUT2D eigenvalue weighted by molar-refractivity contribution is -0.133. The molecule has 3 rings (SSSR count). The van der Waals surface area contributed by atoms with Gasteiger partial charge in [-0.2, -0.15) is 5.26 Å². The second kappa shape index (κ2) is 6.61. The number of nitrogens with zero attached hydrogens (tertiary/aromatic N) is 2. The van der Waals surface area contributed by atoms with Gasteiger partial charge in [0.05, 0.1) is 5.56 Å². The van der Waals surface area contributed by atoms with E-state index in [9.17, 15) is 14.4 Å². The number of nitriles is 1. The van der Waals surface area contributed by atoms with E-state index in [1.54, 1.807) is 30.5 Å². The molecular formula is C18H16N4O3S. The summed E-state index contributed by atoms with van der Waals surface area (Å²) in [4.78, 5) is 38.2. The van der Waals surface area contributed by atoms with Crippen LogP contribution < -0.4 is 10.6 Å². The van der Waals surface area contributed by atoms with Crippen molar-refractivity contribution in [2.45, 2.75) is 19.4 Å². The molecule has 0 saturated carbocycles. The van der Waals surface area contributed by atoms with Crippen LogP contribution in [0.4, 0.5) is 9.80 Å². The minimum atomic E-state index is -1.22. The zero-order chi connectivity index (χ0) is 18.9. The third kappa shape index (κ3) is 3.05. The summed E-state index contributed by atoms with van der Waals surface area (Å²) in [5, 5.41) is 16.3. The summed E-state index contributed by atoms with van der Waals surface area (Å²) in [6, 6.07) is 10.2. The van der Waals surface area contributed by atoms with Crippen LogP contribution in [0.2, 0.25) is 0 Å². The SMILES string of the molecule is Cc1ccc([C@@]2(C)NC(=O)N(CC(=O)Nc3sccc3C#N)C2=O)cc1. The highest BCUT2D eigenvalue weighted by Crippen LogP contribution is 2.29. The Labute approximate surface area is 154 Å². The number of benzene rings is 1. The number of nitrogens with one attached hydrogen (secondary N) is 2. The Kier molecular flexibility index (Phi) is 4.49. The molecule has 0 unspecified atom stereocenters. The minimum absolute atomic E-state index is 0.338. The van der Waals surface area contributed by atoms with E-state index in [1.165, 1.54) is 11.3 Å². The fourth-order valence-corrected chi connectivity index (χ4v) is 3.48. The number of carbonyl (C=O) groups is 3. The van der Waals surface area contributed by atoms with E-state index in [0.717, 1.165) is 10.5 Å². The minimum Gasteiger partial charge on any atom is -0.319 e. The van der Waals surface area contributed by atoms with Crippen molar-refractivity contribution in [3.8, 4) is 6.07 Å². The average Bonchev–Trinajstić information content (AvgIpc) is 3.13. The first-order chi connectivity index (χ1) is 12.3. The van der Waals surface area contributed by atoms with Gasteiger partial charge in [0.1, 0.15) is 23.2 Å². The molecule has 2 heterocycles. The zero-order valence-corrected chi connectivity index (χ0v) is 15.0. The van der Waals surface area contributed by atoms with Crippen LogP contribution in [-0.4, -0.2) is 29.3 Å². The number of anilines is 1. The largest absolute Gasteiger partial charge is 0.325 e. The molecule has 2 aromatic rings. The summed E-state index contributed by atoms with van der Waals surface area (Å²) < 4.78 is 0. The number of thiophene rings is 1. The molecule has 0 radical (unpaired) electrons. The van der Waals surface area contributed by atoms with Gasteiger partial charge in [0.2, 0.25) is 5.91 Å². The summed E-state index contributed by atoms with van der Waals surface area (Å²) in [5.41, 5.74) is 0.806. The molecule has 0 aliphatic carbocycles. The number of urea groups is 1. The quantitative estimate of drug-likeness (QED) is 0.809. The van der Waals surface area contributed by atoms with Gasteiger partial charge >= 0.3 is 6.03 Å². The van der Waals surface area contributed by atoms with Crippen molar-refractivity contribution in [2.24, 2.45) is 0 Å². The molecule has 1 saturated heterocycles. The van der Waals surface area contributed by atoms with Crippen molar-refractivity contribution in [2.75, 3.05) is 11.9 Å². The van der Waals surface area contributed by atoms with Crippen LogP contribution in [0.5, 0.6) is 0 Å². The van der Waals surface area contributed by atoms with Gasteiger partial charge in [-0.3, -0.25) is 14.5 Å². The maximum atomic E-state index is 12.8. The summed E-state index contributed by atoms with van der Waals surface area (Å²) in [7, 11) is 0. The van der Waals surface area contributed by atoms with Crippen molar-refractivity contribution in [1.82, 2.24) is 10.2 Å². The lowest BCUT2D eigenvalue weighted by Crippen LogP contribution is -2.42. The van der Waals surface area contributed by atoms with Gasteiger partial charge in [-0.05, 0) is 30.9 Å². The molecule has 1 aromatic carbocycles. The number of amides is 4. The predicted octanol–water partition coefficient (Wildman–Crippen LogP) is 2.33. The van der Waals surface area contributed by atoms with Gasteiger partial charge in [0, 0.05) is 0 Å². The van der Waals surface area contributed by atoms with E-state index < -0.39 is 29.9 Å². The van der Waals surface area contributed by atoms with Crippen LogP contribution >= 0.6 is 11.3 Å². The fourth-order valence-electron chi connectivity index (χ4n) is 2.73. The molecule has 1 fully saturated rings. The molecule has 1 atom stereocenters. The van der Waals surface area contributed by atoms with Gasteiger partial charge < -0.3 is 10.6 Å². The van der Waals surface area contributed by atoms with Crippen molar-refractivity contribution >= 4 is 34.2 Å². The monoisotopic (exact) mass is 368 g/mol. The van der Waals surface area contributed by atoms with Crippen LogP contribution in [-0.2, 0) is 15.1 Å². The van der Waals surface area contributed by atoms with Gasteiger partial charge in [-0.25, -0.2) is 4.79 Å². The van der Waals surface area contributed by atoms with Crippen LogP contribution in [0.3, 0.4) is 0 Å². The Morgan fingerprint density at radius 1 is 1.31 bits per heavy atom. The highest BCUT2D eigenvalue weighted by Gasteiger charge is 2.49. The second-order valence-electron chi connectivity index (χ2n) is 6.14. The topological polar surface area (TPSA) is 102 Å². The van der Waals surface area contributed by atoms with E-state index in [-0.39, 0.29) is 0 Å². The lowest BCUT2D eigenvalue weighted by Gasteiger charge is -2.22. The number of aryl methyl sites for hydroxylation is 1. The lowest BCUT2D eigenvalue weighted by atomic mass is 9.91. The van der Waals surface area contributed by atoms with Crippen LogP contribution in [0, 0.1) is 18.3 Å². The van der Waals surface area contributed by atoms with E-state index in [1.807, 2.05) is 25.1 Å². The Hall–Kier alpha value is -3.18. The zero-order valence-electron chi connectivity index (χ0n) is 14.2. The Bertz CT molecular complexity index is 929. The first kappa shape index (κ1) is 17.6. The Morgan fingerprint density at radius 3 is 2.65 bits per heavy atom. The highest BCUT2D eigenvalue weighted by molar-refractivity contribution is 7.14. The van der Waals surface area contributed by atoms with Gasteiger partial charge in [0.15, 0.2) is 0 Å². The molecular weight excluding hydrogens is 352 g/mol. The summed E-state index contributed by atoms with van der Waals surface area (Å²) in [6.45, 7) is 3.12. The van der Waals surface area contributed by atoms with Crippen LogP contribution in [0.25, 0.3) is 0 Å². The number of carbonyl (C=O) groups excluding carboxylic acids is 3. The maximum Gasteiger partial charge on any atom is 0.325 e. The van der Waals surface area contributed by atoms with Crippen LogP contribution in [0.1, 0.15) is 23.6 Å². The van der Waals surface area contributed by atoms with E-state index >= 15 is 0 Å². The normalized spacial score (nSPS) is 19.2. The van der Waals surface area contributed by atoms with Crippen molar-refractivity contribution in [3.63, 3.8) is 0 Å². The van der Waals surface area contributed by atoms with E-state index in [2.05, 4.69) is 10.6 Å². The van der Waals surface area contributed by atoms with Gasteiger partial charge in [0.25, 0.3) is 5.91 Å². The third-order valence-corrected chi connectivity index (χ3v) is 5.07. The summed E-state index contributed by atoms with van der Waals surface area (Å²) in [5.74, 6) is -1.03. The molecule has 4 amide bonds. The van der Waals surface area contributed by atoms with E-state index in [0.29, 0.717) is 16.1 Å². The first-order valence-corrected chi connectivity index (χ1v) is 8.72. The Morgan fingerprint density at radius 2 is 2.00 bits per heavy atom. The predicted molar refractivity (Wildman–Crippen MR) is 96.4 cm³/mol. The second-order valence-corrected chi connectivity index (χ2v) is 7.05. The van der Waals surface area contributed by atoms with Crippen molar-refractivity contribution in [1.29, 1.82) is 5.26 Å².